The molecule has 0 aliphatic heterocycles. The molecule has 0 bridgehead atoms. The Morgan fingerprint density at radius 2 is 2.11 bits per heavy atom. The second-order valence-corrected chi connectivity index (χ2v) is 5.06. The predicted octanol–water partition coefficient (Wildman–Crippen LogP) is 1.64. The van der Waals surface area contributed by atoms with E-state index in [4.69, 9.17) is 16.7 Å². The average molecular weight is 269 g/mol. The van der Waals surface area contributed by atoms with Crippen LogP contribution in [0.25, 0.3) is 0 Å². The Hall–Kier alpha value is -1.10. The third-order valence-electron chi connectivity index (χ3n) is 3.08. The summed E-state index contributed by atoms with van der Waals surface area (Å²) in [6.07, 6.45) is 1.52. The Labute approximate surface area is 111 Å². The number of aliphatic hydroxyl groups is 1. The molecule has 1 amide bonds. The maximum Gasteiger partial charge on any atom is 0.238 e. The molecule has 4 nitrogen and oxygen atoms in total. The van der Waals surface area contributed by atoms with Gasteiger partial charge in [0.15, 0.2) is 0 Å². The van der Waals surface area contributed by atoms with Crippen LogP contribution < -0.4 is 10.6 Å². The fraction of sp³-hybridized carbons (Fsp3) is 0.462. The molecule has 0 unspecified atom stereocenters. The summed E-state index contributed by atoms with van der Waals surface area (Å²) >= 11 is 5.94. The molecule has 5 heteroatoms. The molecule has 1 saturated carbocycles. The lowest BCUT2D eigenvalue weighted by Crippen LogP contribution is -2.38. The van der Waals surface area contributed by atoms with E-state index in [0.29, 0.717) is 16.6 Å². The van der Waals surface area contributed by atoms with Crippen molar-refractivity contribution in [1.82, 2.24) is 5.32 Å². The van der Waals surface area contributed by atoms with E-state index in [2.05, 4.69) is 10.6 Å². The number of carbonyl (C=O) groups is 1. The molecule has 0 radical (unpaired) electrons. The van der Waals surface area contributed by atoms with Crippen LogP contribution in [0.5, 0.6) is 0 Å². The molecular weight excluding hydrogens is 252 g/mol. The van der Waals surface area contributed by atoms with Crippen molar-refractivity contribution < 1.29 is 9.90 Å². The van der Waals surface area contributed by atoms with Crippen LogP contribution in [0.1, 0.15) is 12.8 Å². The molecular formula is C13H17ClN2O2. The molecule has 0 spiro atoms. The number of para-hydroxylation sites is 1. The van der Waals surface area contributed by atoms with Crippen molar-refractivity contribution in [3.63, 3.8) is 0 Å². The van der Waals surface area contributed by atoms with Crippen LogP contribution >= 0.6 is 11.6 Å². The predicted molar refractivity (Wildman–Crippen MR) is 71.7 cm³/mol. The van der Waals surface area contributed by atoms with Gasteiger partial charge >= 0.3 is 0 Å². The van der Waals surface area contributed by atoms with Gasteiger partial charge in [0.05, 0.1) is 23.4 Å². The Morgan fingerprint density at radius 1 is 1.39 bits per heavy atom. The van der Waals surface area contributed by atoms with E-state index in [1.807, 2.05) is 12.1 Å². The zero-order chi connectivity index (χ0) is 13.0. The summed E-state index contributed by atoms with van der Waals surface area (Å²) in [5.41, 5.74) is 0.630. The van der Waals surface area contributed by atoms with E-state index < -0.39 is 0 Å². The summed E-state index contributed by atoms with van der Waals surface area (Å²) in [5, 5.41) is 15.5. The SMILES string of the molecule is O=C(CNCC1CC(O)C1)Nc1ccccc1Cl. The van der Waals surface area contributed by atoms with Crippen LogP contribution in [-0.4, -0.2) is 30.2 Å². The van der Waals surface area contributed by atoms with Crippen molar-refractivity contribution in [2.45, 2.75) is 18.9 Å². The van der Waals surface area contributed by atoms with Crippen molar-refractivity contribution >= 4 is 23.2 Å². The number of hydrogen-bond donors (Lipinski definition) is 3. The number of amides is 1. The Kier molecular flexibility index (Phi) is 4.58. The summed E-state index contributed by atoms with van der Waals surface area (Å²) in [5.74, 6) is 0.385. The third-order valence-corrected chi connectivity index (χ3v) is 3.41. The standard InChI is InChI=1S/C13H17ClN2O2/c14-11-3-1-2-4-12(11)16-13(18)8-15-7-9-5-10(17)6-9/h1-4,9-10,15,17H,5-8H2,(H,16,18). The number of nitrogens with one attached hydrogen (secondary N) is 2. The smallest absolute Gasteiger partial charge is 0.238 e. The minimum absolute atomic E-state index is 0.108. The van der Waals surface area contributed by atoms with E-state index >= 15 is 0 Å². The minimum Gasteiger partial charge on any atom is -0.393 e. The van der Waals surface area contributed by atoms with E-state index in [1.54, 1.807) is 12.1 Å². The molecule has 1 aromatic rings. The van der Waals surface area contributed by atoms with Crippen molar-refractivity contribution in [2.75, 3.05) is 18.4 Å². The lowest BCUT2D eigenvalue weighted by Gasteiger charge is -2.31. The number of hydrogen-bond acceptors (Lipinski definition) is 3. The van der Waals surface area contributed by atoms with Gasteiger partial charge in [0, 0.05) is 0 Å². The van der Waals surface area contributed by atoms with Gasteiger partial charge in [-0.25, -0.2) is 0 Å². The first-order valence-corrected chi connectivity index (χ1v) is 6.46. The number of benzene rings is 1. The highest BCUT2D eigenvalue weighted by molar-refractivity contribution is 6.33. The molecule has 0 aromatic heterocycles. The van der Waals surface area contributed by atoms with E-state index in [0.717, 1.165) is 19.4 Å². The highest BCUT2D eigenvalue weighted by atomic mass is 35.5. The number of halogens is 1. The second kappa shape index (κ2) is 6.18. The fourth-order valence-electron chi connectivity index (χ4n) is 2.01. The van der Waals surface area contributed by atoms with Crippen molar-refractivity contribution in [2.24, 2.45) is 5.92 Å². The molecule has 1 aliphatic carbocycles. The number of anilines is 1. The van der Waals surface area contributed by atoms with E-state index in [9.17, 15) is 4.79 Å². The molecule has 1 aliphatic rings. The number of rotatable bonds is 5. The van der Waals surface area contributed by atoms with Gasteiger partial charge in [0.2, 0.25) is 5.91 Å². The monoisotopic (exact) mass is 268 g/mol. The summed E-state index contributed by atoms with van der Waals surface area (Å²) < 4.78 is 0. The maximum absolute atomic E-state index is 11.6. The summed E-state index contributed by atoms with van der Waals surface area (Å²) in [7, 11) is 0. The van der Waals surface area contributed by atoms with Crippen LogP contribution in [0.2, 0.25) is 5.02 Å². The topological polar surface area (TPSA) is 61.4 Å². The molecule has 98 valence electrons. The van der Waals surface area contributed by atoms with E-state index in [-0.39, 0.29) is 18.6 Å². The lowest BCUT2D eigenvalue weighted by molar-refractivity contribution is -0.115. The van der Waals surface area contributed by atoms with Gasteiger partial charge in [-0.15, -0.1) is 0 Å². The molecule has 1 fully saturated rings. The molecule has 0 saturated heterocycles. The van der Waals surface area contributed by atoms with Crippen LogP contribution in [0.3, 0.4) is 0 Å². The average Bonchev–Trinajstić information content (AvgIpc) is 2.30. The Morgan fingerprint density at radius 3 is 2.78 bits per heavy atom. The fourth-order valence-corrected chi connectivity index (χ4v) is 2.20. The zero-order valence-corrected chi connectivity index (χ0v) is 10.8. The van der Waals surface area contributed by atoms with Gasteiger partial charge in [-0.1, -0.05) is 23.7 Å². The number of carbonyl (C=O) groups excluding carboxylic acids is 1. The van der Waals surface area contributed by atoms with Crippen LogP contribution in [-0.2, 0) is 4.79 Å². The highest BCUT2D eigenvalue weighted by Crippen LogP contribution is 2.26. The van der Waals surface area contributed by atoms with Gasteiger partial charge in [-0.3, -0.25) is 4.79 Å². The van der Waals surface area contributed by atoms with Gasteiger partial charge in [0.25, 0.3) is 0 Å². The van der Waals surface area contributed by atoms with Crippen molar-refractivity contribution in [1.29, 1.82) is 0 Å². The van der Waals surface area contributed by atoms with Gasteiger partial charge in [-0.2, -0.15) is 0 Å². The normalized spacial score (nSPS) is 22.3. The third kappa shape index (κ3) is 3.70. The van der Waals surface area contributed by atoms with Crippen molar-refractivity contribution in [3.8, 4) is 0 Å². The van der Waals surface area contributed by atoms with E-state index in [1.165, 1.54) is 0 Å². The summed E-state index contributed by atoms with van der Waals surface area (Å²) in [4.78, 5) is 11.6. The summed E-state index contributed by atoms with van der Waals surface area (Å²) in [6.45, 7) is 1.03. The van der Waals surface area contributed by atoms with Gasteiger partial charge < -0.3 is 15.7 Å². The molecule has 18 heavy (non-hydrogen) atoms. The summed E-state index contributed by atoms with van der Waals surface area (Å²) in [6, 6.07) is 7.14. The number of aliphatic hydroxyl groups excluding tert-OH is 1. The highest BCUT2D eigenvalue weighted by Gasteiger charge is 2.26. The Balaban J connectivity index is 1.68. The molecule has 1 aromatic carbocycles. The second-order valence-electron chi connectivity index (χ2n) is 4.65. The first-order chi connectivity index (χ1) is 8.65. The van der Waals surface area contributed by atoms with Crippen LogP contribution in [0, 0.1) is 5.92 Å². The molecule has 0 heterocycles. The Bertz CT molecular complexity index is 419. The quantitative estimate of drug-likeness (QED) is 0.761. The van der Waals surface area contributed by atoms with Crippen LogP contribution in [0.4, 0.5) is 5.69 Å². The lowest BCUT2D eigenvalue weighted by atomic mass is 9.82. The molecule has 0 atom stereocenters. The molecule has 3 N–H and O–H groups in total. The minimum atomic E-state index is -0.145. The van der Waals surface area contributed by atoms with Gasteiger partial charge in [0.1, 0.15) is 0 Å². The largest absolute Gasteiger partial charge is 0.393 e. The van der Waals surface area contributed by atoms with Gasteiger partial charge in [-0.05, 0) is 37.4 Å². The van der Waals surface area contributed by atoms with Crippen molar-refractivity contribution in [3.05, 3.63) is 29.3 Å². The van der Waals surface area contributed by atoms with Crippen LogP contribution in [0.15, 0.2) is 24.3 Å². The maximum atomic E-state index is 11.6. The first kappa shape index (κ1) is 13.3. The zero-order valence-electron chi connectivity index (χ0n) is 10.0. The first-order valence-electron chi connectivity index (χ1n) is 6.08. The molecule has 2 rings (SSSR count).